The van der Waals surface area contributed by atoms with Crippen LogP contribution in [-0.4, -0.2) is 40.2 Å². The SMILES string of the molecule is CCCOc1ccc(CN=[N+]=[N-])cc1C(=O)O.O=Cc1ccc(O)c(C(=O)O)c1. The second kappa shape index (κ2) is 11.6. The summed E-state index contributed by atoms with van der Waals surface area (Å²) in [6.45, 7) is 2.54. The Balaban J connectivity index is 0.000000308. The van der Waals surface area contributed by atoms with Crippen molar-refractivity contribution in [2.75, 3.05) is 6.61 Å². The maximum atomic E-state index is 11.0. The molecule has 0 fully saturated rings. The van der Waals surface area contributed by atoms with Gasteiger partial charge in [0.2, 0.25) is 0 Å². The molecule has 2 aromatic rings. The van der Waals surface area contributed by atoms with Crippen LogP contribution >= 0.6 is 0 Å². The third-order valence-corrected chi connectivity index (χ3v) is 3.44. The number of hydrogen-bond acceptors (Lipinski definition) is 6. The molecule has 0 saturated carbocycles. The van der Waals surface area contributed by atoms with E-state index in [4.69, 9.17) is 25.6 Å². The Hall–Kier alpha value is -4.04. The number of phenols is 1. The van der Waals surface area contributed by atoms with E-state index in [1.54, 1.807) is 12.1 Å². The lowest BCUT2D eigenvalue weighted by Gasteiger charge is -2.09. The van der Waals surface area contributed by atoms with Crippen LogP contribution in [0.25, 0.3) is 10.4 Å². The van der Waals surface area contributed by atoms with E-state index in [2.05, 4.69) is 10.0 Å². The fraction of sp³-hybridized carbons (Fsp3) is 0.211. The highest BCUT2D eigenvalue weighted by atomic mass is 16.5. The molecule has 0 amide bonds. The zero-order valence-corrected chi connectivity index (χ0v) is 15.5. The minimum Gasteiger partial charge on any atom is -0.507 e. The van der Waals surface area contributed by atoms with Crippen molar-refractivity contribution in [3.05, 3.63) is 69.1 Å². The van der Waals surface area contributed by atoms with E-state index in [1.165, 1.54) is 18.2 Å². The largest absolute Gasteiger partial charge is 0.507 e. The van der Waals surface area contributed by atoms with E-state index in [9.17, 15) is 14.4 Å². The van der Waals surface area contributed by atoms with E-state index in [1.807, 2.05) is 6.92 Å². The third-order valence-electron chi connectivity index (χ3n) is 3.44. The first kappa shape index (κ1) is 23.0. The molecular formula is C19H19N3O7. The molecule has 0 atom stereocenters. The number of aldehydes is 1. The molecule has 0 radical (unpaired) electrons. The molecule has 0 unspecified atom stereocenters. The molecule has 0 aliphatic rings. The number of carbonyl (C=O) groups excluding carboxylic acids is 1. The monoisotopic (exact) mass is 401 g/mol. The Labute approximate surface area is 165 Å². The molecule has 2 aromatic carbocycles. The van der Waals surface area contributed by atoms with Crippen LogP contribution in [-0.2, 0) is 6.54 Å². The number of benzene rings is 2. The molecule has 0 saturated heterocycles. The molecule has 0 spiro atoms. The molecule has 0 aromatic heterocycles. The quantitative estimate of drug-likeness (QED) is 0.261. The number of aromatic hydroxyl groups is 1. The van der Waals surface area contributed by atoms with Crippen LogP contribution in [0.15, 0.2) is 41.5 Å². The Morgan fingerprint density at radius 3 is 2.38 bits per heavy atom. The number of hydrogen-bond donors (Lipinski definition) is 3. The lowest BCUT2D eigenvalue weighted by atomic mass is 10.1. The molecule has 29 heavy (non-hydrogen) atoms. The topological polar surface area (TPSA) is 170 Å². The Morgan fingerprint density at radius 2 is 1.83 bits per heavy atom. The van der Waals surface area contributed by atoms with Crippen LogP contribution in [0.3, 0.4) is 0 Å². The van der Waals surface area contributed by atoms with Crippen molar-refractivity contribution in [2.45, 2.75) is 19.9 Å². The van der Waals surface area contributed by atoms with Crippen molar-refractivity contribution in [1.29, 1.82) is 0 Å². The molecule has 0 bridgehead atoms. The molecular weight excluding hydrogens is 382 g/mol. The first-order valence-electron chi connectivity index (χ1n) is 8.35. The molecule has 10 heteroatoms. The van der Waals surface area contributed by atoms with Gasteiger partial charge < -0.3 is 20.1 Å². The maximum Gasteiger partial charge on any atom is 0.339 e. The second-order valence-corrected chi connectivity index (χ2v) is 5.57. The summed E-state index contributed by atoms with van der Waals surface area (Å²) in [5, 5.41) is 29.9. The summed E-state index contributed by atoms with van der Waals surface area (Å²) in [4.78, 5) is 34.3. The zero-order valence-electron chi connectivity index (χ0n) is 15.5. The number of aromatic carboxylic acids is 2. The molecule has 2 rings (SSSR count). The zero-order chi connectivity index (χ0) is 21.8. The van der Waals surface area contributed by atoms with Crippen LogP contribution in [0.4, 0.5) is 0 Å². The van der Waals surface area contributed by atoms with E-state index in [-0.39, 0.29) is 29.0 Å². The standard InChI is InChI=1S/C11H13N3O3.C8H6O4/c1-2-5-17-10-4-3-8(7-13-14-12)6-9(10)11(15)16;9-4-5-1-2-7(10)6(3-5)8(11)12/h3-4,6H,2,5,7H2,1H3,(H,15,16);1-4,10H,(H,11,12). The summed E-state index contributed by atoms with van der Waals surface area (Å²) in [5.74, 6) is -2.31. The minimum atomic E-state index is -1.25. The number of azide groups is 1. The number of nitrogens with zero attached hydrogens (tertiary/aromatic N) is 3. The molecule has 3 N–H and O–H groups in total. The van der Waals surface area contributed by atoms with Gasteiger partial charge in [-0.3, -0.25) is 4.79 Å². The summed E-state index contributed by atoms with van der Waals surface area (Å²) >= 11 is 0. The van der Waals surface area contributed by atoms with Crippen LogP contribution < -0.4 is 4.74 Å². The summed E-state index contributed by atoms with van der Waals surface area (Å²) in [6.07, 6.45) is 1.32. The average Bonchev–Trinajstić information content (AvgIpc) is 2.71. The van der Waals surface area contributed by atoms with Crippen molar-refractivity contribution < 1.29 is 34.4 Å². The van der Waals surface area contributed by atoms with Crippen molar-refractivity contribution in [1.82, 2.24) is 0 Å². The highest BCUT2D eigenvalue weighted by molar-refractivity contribution is 5.93. The lowest BCUT2D eigenvalue weighted by Crippen LogP contribution is -2.04. The van der Waals surface area contributed by atoms with Crippen LogP contribution in [0.1, 0.15) is 50.0 Å². The number of carbonyl (C=O) groups is 3. The first-order valence-corrected chi connectivity index (χ1v) is 8.35. The highest BCUT2D eigenvalue weighted by Gasteiger charge is 2.12. The van der Waals surface area contributed by atoms with Gasteiger partial charge in [-0.05, 0) is 47.8 Å². The summed E-state index contributed by atoms with van der Waals surface area (Å²) in [5.41, 5.74) is 8.89. The Bertz CT molecular complexity index is 937. The molecule has 10 nitrogen and oxygen atoms in total. The van der Waals surface area contributed by atoms with E-state index in [0.717, 1.165) is 12.5 Å². The van der Waals surface area contributed by atoms with Crippen molar-refractivity contribution in [2.24, 2.45) is 5.11 Å². The van der Waals surface area contributed by atoms with Gasteiger partial charge in [0.15, 0.2) is 0 Å². The van der Waals surface area contributed by atoms with Crippen molar-refractivity contribution in [3.63, 3.8) is 0 Å². The van der Waals surface area contributed by atoms with Crippen LogP contribution in [0.5, 0.6) is 11.5 Å². The summed E-state index contributed by atoms with van der Waals surface area (Å²) in [6, 6.07) is 8.36. The van der Waals surface area contributed by atoms with E-state index < -0.39 is 11.9 Å². The number of rotatable bonds is 8. The smallest absolute Gasteiger partial charge is 0.339 e. The van der Waals surface area contributed by atoms with E-state index >= 15 is 0 Å². The molecule has 0 aliphatic carbocycles. The predicted octanol–water partition coefficient (Wildman–Crippen LogP) is 3.89. The predicted molar refractivity (Wildman–Crippen MR) is 102 cm³/mol. The van der Waals surface area contributed by atoms with Gasteiger partial charge in [-0.25, -0.2) is 9.59 Å². The Morgan fingerprint density at radius 1 is 1.14 bits per heavy atom. The van der Waals surface area contributed by atoms with Crippen molar-refractivity contribution in [3.8, 4) is 11.5 Å². The maximum absolute atomic E-state index is 11.0. The first-order chi connectivity index (χ1) is 13.8. The van der Waals surface area contributed by atoms with Crippen LogP contribution in [0, 0.1) is 0 Å². The summed E-state index contributed by atoms with van der Waals surface area (Å²) < 4.78 is 5.32. The van der Waals surface area contributed by atoms with Gasteiger partial charge in [0.25, 0.3) is 0 Å². The highest BCUT2D eigenvalue weighted by Crippen LogP contribution is 2.21. The van der Waals surface area contributed by atoms with Gasteiger partial charge in [-0.2, -0.15) is 0 Å². The normalized spacial score (nSPS) is 9.41. The van der Waals surface area contributed by atoms with Gasteiger partial charge in [0, 0.05) is 10.5 Å². The number of carboxylic acids is 2. The fourth-order valence-electron chi connectivity index (χ4n) is 2.09. The molecule has 0 aliphatic heterocycles. The van der Waals surface area contributed by atoms with E-state index in [0.29, 0.717) is 24.2 Å². The van der Waals surface area contributed by atoms with Gasteiger partial charge in [-0.15, -0.1) is 0 Å². The minimum absolute atomic E-state index is 0.0871. The fourth-order valence-corrected chi connectivity index (χ4v) is 2.09. The number of ether oxygens (including phenoxy) is 1. The van der Waals surface area contributed by atoms with Crippen molar-refractivity contribution >= 4 is 18.2 Å². The lowest BCUT2D eigenvalue weighted by molar-refractivity contribution is 0.0681. The van der Waals surface area contributed by atoms with Gasteiger partial charge >= 0.3 is 11.9 Å². The number of carboxylic acid groups (broad SMARTS) is 2. The molecule has 0 heterocycles. The van der Waals surface area contributed by atoms with Gasteiger partial charge in [0.1, 0.15) is 28.9 Å². The third kappa shape index (κ3) is 7.24. The average molecular weight is 401 g/mol. The van der Waals surface area contributed by atoms with Crippen LogP contribution in [0.2, 0.25) is 0 Å². The summed E-state index contributed by atoms with van der Waals surface area (Å²) in [7, 11) is 0. The molecule has 152 valence electrons. The van der Waals surface area contributed by atoms with Gasteiger partial charge in [0.05, 0.1) is 13.2 Å². The Kier molecular flexibility index (Phi) is 9.22. The van der Waals surface area contributed by atoms with Gasteiger partial charge in [-0.1, -0.05) is 18.1 Å². The second-order valence-electron chi connectivity index (χ2n) is 5.57.